The summed E-state index contributed by atoms with van der Waals surface area (Å²) >= 11 is 0. The molecule has 0 amide bonds. The van der Waals surface area contributed by atoms with Gasteiger partial charge in [-0.25, -0.2) is 4.79 Å². The molecule has 0 heterocycles. The van der Waals surface area contributed by atoms with E-state index in [1.165, 1.54) is 5.56 Å². The van der Waals surface area contributed by atoms with E-state index in [-0.39, 0.29) is 12.1 Å². The number of ether oxygens (including phenoxy) is 2. The van der Waals surface area contributed by atoms with E-state index in [1.807, 2.05) is 24.3 Å². The summed E-state index contributed by atoms with van der Waals surface area (Å²) in [7, 11) is 1.64. The summed E-state index contributed by atoms with van der Waals surface area (Å²) in [6, 6.07) is 7.71. The van der Waals surface area contributed by atoms with Gasteiger partial charge in [-0.05, 0) is 42.9 Å². The molecule has 0 fully saturated rings. The van der Waals surface area contributed by atoms with Gasteiger partial charge in [0.25, 0.3) is 0 Å². The second-order valence-electron chi connectivity index (χ2n) is 6.25. The minimum Gasteiger partial charge on any atom is -0.456 e. The van der Waals surface area contributed by atoms with E-state index in [0.717, 1.165) is 32.1 Å². The third-order valence-electron chi connectivity index (χ3n) is 3.66. The van der Waals surface area contributed by atoms with Gasteiger partial charge >= 0.3 is 5.97 Å². The Labute approximate surface area is 135 Å². The number of carbonyl (C=O) groups is 1. The minimum absolute atomic E-state index is 0.161. The van der Waals surface area contributed by atoms with Crippen LogP contribution in [0.3, 0.4) is 0 Å². The van der Waals surface area contributed by atoms with Crippen molar-refractivity contribution in [2.45, 2.75) is 59.0 Å². The van der Waals surface area contributed by atoms with Gasteiger partial charge < -0.3 is 9.47 Å². The zero-order valence-corrected chi connectivity index (χ0v) is 14.4. The molecule has 1 unspecified atom stereocenters. The average Bonchev–Trinajstić information content (AvgIpc) is 2.48. The molecule has 1 rings (SSSR count). The largest absolute Gasteiger partial charge is 0.456 e. The van der Waals surface area contributed by atoms with Crippen molar-refractivity contribution in [1.82, 2.24) is 0 Å². The van der Waals surface area contributed by atoms with E-state index in [2.05, 4.69) is 20.8 Å². The summed E-state index contributed by atoms with van der Waals surface area (Å²) in [5.74, 6) is 0.416. The van der Waals surface area contributed by atoms with Crippen molar-refractivity contribution in [2.24, 2.45) is 5.92 Å². The lowest BCUT2D eigenvalue weighted by Crippen LogP contribution is -2.23. The molecule has 0 radical (unpaired) electrons. The maximum Gasteiger partial charge on any atom is 0.338 e. The zero-order valence-electron chi connectivity index (χ0n) is 14.4. The van der Waals surface area contributed by atoms with Gasteiger partial charge in [0, 0.05) is 7.11 Å². The Morgan fingerprint density at radius 2 is 1.82 bits per heavy atom. The van der Waals surface area contributed by atoms with Gasteiger partial charge in [0.2, 0.25) is 0 Å². The molecule has 124 valence electrons. The van der Waals surface area contributed by atoms with E-state index in [4.69, 9.17) is 9.47 Å². The Kier molecular flexibility index (Phi) is 8.83. The van der Waals surface area contributed by atoms with E-state index >= 15 is 0 Å². The molecule has 1 aromatic rings. The molecule has 22 heavy (non-hydrogen) atoms. The van der Waals surface area contributed by atoms with E-state index in [9.17, 15) is 4.79 Å². The summed E-state index contributed by atoms with van der Waals surface area (Å²) in [5, 5.41) is 0. The van der Waals surface area contributed by atoms with Gasteiger partial charge in [-0.2, -0.15) is 0 Å². The van der Waals surface area contributed by atoms with Crippen LogP contribution in [0.2, 0.25) is 0 Å². The Bertz CT molecular complexity index is 423. The maximum absolute atomic E-state index is 12.2. The van der Waals surface area contributed by atoms with Crippen molar-refractivity contribution in [3.63, 3.8) is 0 Å². The van der Waals surface area contributed by atoms with Crippen LogP contribution in [0, 0.1) is 5.92 Å². The lowest BCUT2D eigenvalue weighted by Gasteiger charge is -2.17. The Hall–Kier alpha value is -1.35. The van der Waals surface area contributed by atoms with Crippen LogP contribution in [0.25, 0.3) is 0 Å². The molecule has 0 aliphatic carbocycles. The predicted octanol–water partition coefficient (Wildman–Crippen LogP) is 4.64. The Balaban J connectivity index is 2.54. The van der Waals surface area contributed by atoms with Gasteiger partial charge in [0.05, 0.1) is 12.2 Å². The minimum atomic E-state index is -0.255. The number of esters is 1. The molecule has 0 saturated heterocycles. The first-order chi connectivity index (χ1) is 10.6. The van der Waals surface area contributed by atoms with Crippen LogP contribution in [-0.2, 0) is 15.9 Å². The summed E-state index contributed by atoms with van der Waals surface area (Å²) in [5.41, 5.74) is 1.87. The van der Waals surface area contributed by atoms with E-state index in [1.54, 1.807) is 7.11 Å². The molecular formula is C19H30O3. The number of aryl methyl sites for hydroxylation is 1. The summed E-state index contributed by atoms with van der Waals surface area (Å²) < 4.78 is 10.8. The number of benzene rings is 1. The molecule has 1 atom stereocenters. The SMILES string of the molecule is CCCc1ccc(C(=O)OC(CCCC(C)C)COC)cc1. The van der Waals surface area contributed by atoms with Crippen molar-refractivity contribution >= 4 is 5.97 Å². The van der Waals surface area contributed by atoms with E-state index < -0.39 is 0 Å². The number of rotatable bonds is 10. The highest BCUT2D eigenvalue weighted by molar-refractivity contribution is 5.89. The molecule has 3 heteroatoms. The predicted molar refractivity (Wildman–Crippen MR) is 90.2 cm³/mol. The second-order valence-corrected chi connectivity index (χ2v) is 6.25. The lowest BCUT2D eigenvalue weighted by atomic mass is 10.0. The van der Waals surface area contributed by atoms with Crippen LogP contribution in [0.1, 0.15) is 62.4 Å². The van der Waals surface area contributed by atoms with Crippen molar-refractivity contribution in [2.75, 3.05) is 13.7 Å². The first-order valence-electron chi connectivity index (χ1n) is 8.35. The third kappa shape index (κ3) is 7.08. The molecular weight excluding hydrogens is 276 g/mol. The molecule has 0 aromatic heterocycles. The number of hydrogen-bond acceptors (Lipinski definition) is 3. The normalized spacial score (nSPS) is 12.4. The van der Waals surface area contributed by atoms with Crippen LogP contribution in [0.4, 0.5) is 0 Å². The van der Waals surface area contributed by atoms with Crippen LogP contribution in [0.5, 0.6) is 0 Å². The number of carbonyl (C=O) groups excluding carboxylic acids is 1. The fourth-order valence-electron chi connectivity index (χ4n) is 2.43. The van der Waals surface area contributed by atoms with Crippen LogP contribution >= 0.6 is 0 Å². The highest BCUT2D eigenvalue weighted by Gasteiger charge is 2.16. The number of methoxy groups -OCH3 is 1. The summed E-state index contributed by atoms with van der Waals surface area (Å²) in [6.07, 6.45) is 5.03. The molecule has 0 N–H and O–H groups in total. The van der Waals surface area contributed by atoms with Crippen molar-refractivity contribution < 1.29 is 14.3 Å². The average molecular weight is 306 g/mol. The Morgan fingerprint density at radius 1 is 1.14 bits per heavy atom. The zero-order chi connectivity index (χ0) is 16.4. The molecule has 0 bridgehead atoms. The van der Waals surface area contributed by atoms with E-state index in [0.29, 0.717) is 18.1 Å². The van der Waals surface area contributed by atoms with Crippen LogP contribution < -0.4 is 0 Å². The quantitative estimate of drug-likeness (QED) is 0.591. The molecule has 0 aliphatic heterocycles. The Morgan fingerprint density at radius 3 is 2.36 bits per heavy atom. The van der Waals surface area contributed by atoms with Gasteiger partial charge in [-0.3, -0.25) is 0 Å². The van der Waals surface area contributed by atoms with Gasteiger partial charge in [0.1, 0.15) is 6.10 Å². The first kappa shape index (κ1) is 18.7. The summed E-state index contributed by atoms with van der Waals surface area (Å²) in [4.78, 5) is 12.2. The molecule has 1 aromatic carbocycles. The topological polar surface area (TPSA) is 35.5 Å². The monoisotopic (exact) mass is 306 g/mol. The van der Waals surface area contributed by atoms with Gasteiger partial charge in [-0.1, -0.05) is 45.7 Å². The maximum atomic E-state index is 12.2. The third-order valence-corrected chi connectivity index (χ3v) is 3.66. The molecule has 0 saturated carbocycles. The highest BCUT2D eigenvalue weighted by Crippen LogP contribution is 2.14. The van der Waals surface area contributed by atoms with Crippen molar-refractivity contribution in [3.8, 4) is 0 Å². The fourth-order valence-corrected chi connectivity index (χ4v) is 2.43. The smallest absolute Gasteiger partial charge is 0.338 e. The van der Waals surface area contributed by atoms with Crippen molar-refractivity contribution in [1.29, 1.82) is 0 Å². The molecule has 0 spiro atoms. The van der Waals surface area contributed by atoms with Crippen LogP contribution in [-0.4, -0.2) is 25.8 Å². The lowest BCUT2D eigenvalue weighted by molar-refractivity contribution is 0.00219. The fraction of sp³-hybridized carbons (Fsp3) is 0.632. The first-order valence-corrected chi connectivity index (χ1v) is 8.35. The summed E-state index contributed by atoms with van der Waals surface area (Å²) in [6.45, 7) is 7.01. The number of hydrogen-bond donors (Lipinski definition) is 0. The van der Waals surface area contributed by atoms with Gasteiger partial charge in [0.15, 0.2) is 0 Å². The van der Waals surface area contributed by atoms with Gasteiger partial charge in [-0.15, -0.1) is 0 Å². The van der Waals surface area contributed by atoms with Crippen LogP contribution in [0.15, 0.2) is 24.3 Å². The van der Waals surface area contributed by atoms with Crippen molar-refractivity contribution in [3.05, 3.63) is 35.4 Å². The molecule has 3 nitrogen and oxygen atoms in total. The molecule has 0 aliphatic rings. The second kappa shape index (κ2) is 10.4. The standard InChI is InChI=1S/C19H30O3/c1-5-7-16-10-12-17(13-11-16)19(20)22-18(14-21-4)9-6-8-15(2)3/h10-13,15,18H,5-9,14H2,1-4H3. The highest BCUT2D eigenvalue weighted by atomic mass is 16.6.